The highest BCUT2D eigenvalue weighted by atomic mass is 15.0. The maximum absolute atomic E-state index is 8.73. The molecule has 3 rings (SSSR count). The fraction of sp³-hybridized carbons (Fsp3) is 0.611. The molecule has 1 saturated carbocycles. The average Bonchev–Trinajstić information content (AvgIpc) is 3.04. The standard InChI is InChI=1S/C18H25N3/c19-12-11-14-7-9-15(10-8-14)21-18-5-2-1-4-16(18)17-6-3-13-20-17/h7-10,16-18,20-21H,1-6,11,13H2. The van der Waals surface area contributed by atoms with Crippen LogP contribution in [0, 0.1) is 17.2 Å². The second kappa shape index (κ2) is 6.95. The van der Waals surface area contributed by atoms with Crippen molar-refractivity contribution in [2.75, 3.05) is 11.9 Å². The van der Waals surface area contributed by atoms with Gasteiger partial charge in [-0.2, -0.15) is 5.26 Å². The van der Waals surface area contributed by atoms with Gasteiger partial charge in [-0.05, 0) is 55.8 Å². The molecule has 1 heterocycles. The van der Waals surface area contributed by atoms with Crippen LogP contribution in [-0.4, -0.2) is 18.6 Å². The quantitative estimate of drug-likeness (QED) is 0.889. The number of benzene rings is 1. The van der Waals surface area contributed by atoms with Crippen LogP contribution in [0.3, 0.4) is 0 Å². The highest BCUT2D eigenvalue weighted by molar-refractivity contribution is 5.46. The van der Waals surface area contributed by atoms with Crippen molar-refractivity contribution in [1.82, 2.24) is 5.32 Å². The highest BCUT2D eigenvalue weighted by Crippen LogP contribution is 2.32. The zero-order valence-corrected chi connectivity index (χ0v) is 12.6. The maximum atomic E-state index is 8.73. The summed E-state index contributed by atoms with van der Waals surface area (Å²) in [4.78, 5) is 0. The van der Waals surface area contributed by atoms with E-state index < -0.39 is 0 Å². The van der Waals surface area contributed by atoms with E-state index in [1.807, 2.05) is 0 Å². The van der Waals surface area contributed by atoms with Gasteiger partial charge in [-0.1, -0.05) is 25.0 Å². The lowest BCUT2D eigenvalue weighted by molar-refractivity contribution is 0.263. The fourth-order valence-corrected chi connectivity index (χ4v) is 3.92. The molecule has 2 fully saturated rings. The van der Waals surface area contributed by atoms with Gasteiger partial charge in [0, 0.05) is 17.8 Å². The molecular formula is C18H25N3. The molecule has 0 aromatic heterocycles. The summed E-state index contributed by atoms with van der Waals surface area (Å²) in [6.07, 6.45) is 8.51. The summed E-state index contributed by atoms with van der Waals surface area (Å²) in [6.45, 7) is 1.19. The zero-order valence-electron chi connectivity index (χ0n) is 12.6. The van der Waals surface area contributed by atoms with Gasteiger partial charge in [-0.25, -0.2) is 0 Å². The molecule has 1 saturated heterocycles. The summed E-state index contributed by atoms with van der Waals surface area (Å²) in [5.74, 6) is 0.764. The largest absolute Gasteiger partial charge is 0.382 e. The molecule has 0 amide bonds. The predicted octanol–water partition coefficient (Wildman–Crippen LogP) is 3.48. The Bertz CT molecular complexity index is 482. The summed E-state index contributed by atoms with van der Waals surface area (Å²) in [7, 11) is 0. The zero-order chi connectivity index (χ0) is 14.5. The van der Waals surface area contributed by atoms with Gasteiger partial charge in [0.25, 0.3) is 0 Å². The van der Waals surface area contributed by atoms with Crippen LogP contribution in [0.25, 0.3) is 0 Å². The number of rotatable bonds is 4. The van der Waals surface area contributed by atoms with Crippen LogP contribution < -0.4 is 10.6 Å². The minimum absolute atomic E-state index is 0.498. The molecule has 1 aromatic rings. The number of nitrogens with one attached hydrogen (secondary N) is 2. The third-order valence-electron chi connectivity index (χ3n) is 5.02. The summed E-state index contributed by atoms with van der Waals surface area (Å²) in [5, 5.41) is 16.2. The molecule has 3 heteroatoms. The monoisotopic (exact) mass is 283 g/mol. The fourth-order valence-electron chi connectivity index (χ4n) is 3.92. The van der Waals surface area contributed by atoms with Crippen LogP contribution in [-0.2, 0) is 6.42 Å². The summed E-state index contributed by atoms with van der Waals surface area (Å²) in [6, 6.07) is 11.9. The molecule has 112 valence electrons. The van der Waals surface area contributed by atoms with Gasteiger partial charge in [0.05, 0.1) is 12.5 Å². The van der Waals surface area contributed by atoms with Crippen LogP contribution in [0.4, 0.5) is 5.69 Å². The van der Waals surface area contributed by atoms with Crippen LogP contribution in [0.2, 0.25) is 0 Å². The van der Waals surface area contributed by atoms with Gasteiger partial charge >= 0.3 is 0 Å². The number of nitrogens with zero attached hydrogens (tertiary/aromatic N) is 1. The van der Waals surface area contributed by atoms with E-state index in [0.29, 0.717) is 18.5 Å². The van der Waals surface area contributed by atoms with Gasteiger partial charge < -0.3 is 10.6 Å². The van der Waals surface area contributed by atoms with Crippen molar-refractivity contribution in [2.24, 2.45) is 5.92 Å². The van der Waals surface area contributed by atoms with E-state index in [-0.39, 0.29) is 0 Å². The van der Waals surface area contributed by atoms with E-state index in [0.717, 1.165) is 11.5 Å². The molecule has 2 N–H and O–H groups in total. The SMILES string of the molecule is N#CCc1ccc(NC2CCCCC2C2CCCN2)cc1. The number of hydrogen-bond donors (Lipinski definition) is 2. The van der Waals surface area contributed by atoms with Gasteiger partial charge in [-0.15, -0.1) is 0 Å². The van der Waals surface area contributed by atoms with E-state index in [2.05, 4.69) is 41.0 Å². The summed E-state index contributed by atoms with van der Waals surface area (Å²) < 4.78 is 0. The maximum Gasteiger partial charge on any atom is 0.0669 e. The van der Waals surface area contributed by atoms with Crippen LogP contribution in [0.5, 0.6) is 0 Å². The van der Waals surface area contributed by atoms with Gasteiger partial charge in [0.1, 0.15) is 0 Å². The molecular weight excluding hydrogens is 258 g/mol. The number of anilines is 1. The normalized spacial score (nSPS) is 29.0. The molecule has 1 aliphatic carbocycles. The van der Waals surface area contributed by atoms with Gasteiger partial charge in [0.15, 0.2) is 0 Å². The van der Waals surface area contributed by atoms with Crippen molar-refractivity contribution in [1.29, 1.82) is 5.26 Å². The van der Waals surface area contributed by atoms with E-state index >= 15 is 0 Å². The minimum atomic E-state index is 0.498. The first-order chi connectivity index (χ1) is 10.4. The third kappa shape index (κ3) is 3.57. The average molecular weight is 283 g/mol. The first-order valence-electron chi connectivity index (χ1n) is 8.32. The second-order valence-electron chi connectivity index (χ2n) is 6.43. The Balaban J connectivity index is 1.65. The first kappa shape index (κ1) is 14.4. The van der Waals surface area contributed by atoms with E-state index in [9.17, 15) is 0 Å². The predicted molar refractivity (Wildman–Crippen MR) is 86.2 cm³/mol. The van der Waals surface area contributed by atoms with Crippen molar-refractivity contribution in [2.45, 2.75) is 57.0 Å². The summed E-state index contributed by atoms with van der Waals surface area (Å²) in [5.41, 5.74) is 2.30. The third-order valence-corrected chi connectivity index (χ3v) is 5.02. The first-order valence-corrected chi connectivity index (χ1v) is 8.32. The molecule has 0 spiro atoms. The Kier molecular flexibility index (Phi) is 4.77. The number of hydrogen-bond acceptors (Lipinski definition) is 3. The Hall–Kier alpha value is -1.53. The second-order valence-corrected chi connectivity index (χ2v) is 6.43. The van der Waals surface area contributed by atoms with Crippen molar-refractivity contribution >= 4 is 5.69 Å². The molecule has 3 unspecified atom stereocenters. The van der Waals surface area contributed by atoms with Crippen LogP contribution in [0.15, 0.2) is 24.3 Å². The number of nitriles is 1. The molecule has 1 aromatic carbocycles. The molecule has 1 aliphatic heterocycles. The Morgan fingerprint density at radius 2 is 1.90 bits per heavy atom. The van der Waals surface area contributed by atoms with E-state index in [1.54, 1.807) is 0 Å². The minimum Gasteiger partial charge on any atom is -0.382 e. The van der Waals surface area contributed by atoms with Crippen molar-refractivity contribution < 1.29 is 0 Å². The van der Waals surface area contributed by atoms with Crippen molar-refractivity contribution in [3.8, 4) is 6.07 Å². The molecule has 0 bridgehead atoms. The lowest BCUT2D eigenvalue weighted by atomic mass is 9.79. The van der Waals surface area contributed by atoms with Crippen LogP contribution in [0.1, 0.15) is 44.1 Å². The Morgan fingerprint density at radius 1 is 1.10 bits per heavy atom. The van der Waals surface area contributed by atoms with E-state index in [4.69, 9.17) is 5.26 Å². The molecule has 0 radical (unpaired) electrons. The lowest BCUT2D eigenvalue weighted by Gasteiger charge is -2.36. The molecule has 21 heavy (non-hydrogen) atoms. The van der Waals surface area contributed by atoms with Gasteiger partial charge in [-0.3, -0.25) is 0 Å². The van der Waals surface area contributed by atoms with Crippen molar-refractivity contribution in [3.63, 3.8) is 0 Å². The van der Waals surface area contributed by atoms with Gasteiger partial charge in [0.2, 0.25) is 0 Å². The Labute approximate surface area is 127 Å². The smallest absolute Gasteiger partial charge is 0.0669 e. The molecule has 3 atom stereocenters. The van der Waals surface area contributed by atoms with Crippen LogP contribution >= 0.6 is 0 Å². The lowest BCUT2D eigenvalue weighted by Crippen LogP contribution is -2.43. The molecule has 3 nitrogen and oxygen atoms in total. The topological polar surface area (TPSA) is 47.9 Å². The Morgan fingerprint density at radius 3 is 2.62 bits per heavy atom. The van der Waals surface area contributed by atoms with E-state index in [1.165, 1.54) is 50.8 Å². The molecule has 2 aliphatic rings. The highest BCUT2D eigenvalue weighted by Gasteiger charge is 2.33. The summed E-state index contributed by atoms with van der Waals surface area (Å²) >= 11 is 0. The van der Waals surface area contributed by atoms with Crippen molar-refractivity contribution in [3.05, 3.63) is 29.8 Å².